The molecule has 0 saturated carbocycles. The molecular formula is C22H19ClFN3O4. The Balaban J connectivity index is 1.67. The Morgan fingerprint density at radius 1 is 1.10 bits per heavy atom. The minimum atomic E-state index is -0.795. The first-order valence-corrected chi connectivity index (χ1v) is 9.79. The number of ketones is 1. The number of carbonyl (C=O) groups is 3. The highest BCUT2D eigenvalue weighted by molar-refractivity contribution is 6.33. The number of benzene rings is 2. The van der Waals surface area contributed by atoms with Gasteiger partial charge in [0.1, 0.15) is 16.5 Å². The van der Waals surface area contributed by atoms with Crippen LogP contribution < -0.4 is 5.32 Å². The molecule has 0 fully saturated rings. The fourth-order valence-electron chi connectivity index (χ4n) is 2.76. The number of anilines is 1. The van der Waals surface area contributed by atoms with Gasteiger partial charge in [0.25, 0.3) is 0 Å². The molecule has 0 spiro atoms. The second kappa shape index (κ2) is 9.53. The van der Waals surface area contributed by atoms with E-state index in [1.54, 1.807) is 26.0 Å². The molecule has 2 aromatic carbocycles. The zero-order valence-electron chi connectivity index (χ0n) is 16.8. The zero-order chi connectivity index (χ0) is 22.5. The highest BCUT2D eigenvalue weighted by Crippen LogP contribution is 2.24. The van der Waals surface area contributed by atoms with E-state index in [0.29, 0.717) is 29.1 Å². The molecule has 31 heavy (non-hydrogen) atoms. The summed E-state index contributed by atoms with van der Waals surface area (Å²) in [7, 11) is 0. The molecule has 1 aromatic heterocycles. The van der Waals surface area contributed by atoms with Gasteiger partial charge in [-0.3, -0.25) is 9.59 Å². The number of hydrogen-bond acceptors (Lipinski definition) is 5. The fraction of sp³-hybridized carbons (Fsp3) is 0.182. The molecule has 1 heterocycles. The number of aryl methyl sites for hydroxylation is 1. The maximum atomic E-state index is 13.1. The van der Waals surface area contributed by atoms with Crippen LogP contribution in [-0.4, -0.2) is 34.0 Å². The first-order chi connectivity index (χ1) is 14.8. The molecule has 1 N–H and O–H groups in total. The number of amides is 1. The van der Waals surface area contributed by atoms with E-state index in [-0.39, 0.29) is 16.6 Å². The summed E-state index contributed by atoms with van der Waals surface area (Å²) in [6, 6.07) is 11.7. The zero-order valence-corrected chi connectivity index (χ0v) is 17.6. The van der Waals surface area contributed by atoms with Gasteiger partial charge >= 0.3 is 5.97 Å². The average molecular weight is 444 g/mol. The first-order valence-electron chi connectivity index (χ1n) is 9.41. The monoisotopic (exact) mass is 443 g/mol. The standard InChI is InChI=1S/C22H19ClFN3O4/c1-3-19(29)25-16-8-4-14(5-9-16)18(28)12-31-22(30)20-13(2)26-27(21(20)23)17-10-6-15(24)7-11-17/h4-11H,3,12H2,1-2H3,(H,25,29). The van der Waals surface area contributed by atoms with Crippen LogP contribution >= 0.6 is 11.6 Å². The maximum absolute atomic E-state index is 13.1. The lowest BCUT2D eigenvalue weighted by Gasteiger charge is -2.07. The van der Waals surface area contributed by atoms with Crippen LogP contribution in [0.4, 0.5) is 10.1 Å². The minimum absolute atomic E-state index is 0.00224. The fourth-order valence-corrected chi connectivity index (χ4v) is 3.11. The predicted molar refractivity (Wildman–Crippen MR) is 113 cm³/mol. The van der Waals surface area contributed by atoms with Crippen LogP contribution in [0, 0.1) is 12.7 Å². The van der Waals surface area contributed by atoms with E-state index in [1.807, 2.05) is 0 Å². The van der Waals surface area contributed by atoms with Crippen molar-refractivity contribution < 1.29 is 23.5 Å². The van der Waals surface area contributed by atoms with Gasteiger partial charge in [-0.2, -0.15) is 5.10 Å². The average Bonchev–Trinajstić information content (AvgIpc) is 3.06. The van der Waals surface area contributed by atoms with Crippen LogP contribution in [0.1, 0.15) is 39.8 Å². The highest BCUT2D eigenvalue weighted by atomic mass is 35.5. The van der Waals surface area contributed by atoms with Crippen molar-refractivity contribution in [3.63, 3.8) is 0 Å². The summed E-state index contributed by atoms with van der Waals surface area (Å²) in [4.78, 5) is 36.3. The molecule has 0 atom stereocenters. The van der Waals surface area contributed by atoms with Crippen LogP contribution in [0.5, 0.6) is 0 Å². The SMILES string of the molecule is CCC(=O)Nc1ccc(C(=O)COC(=O)c2c(C)nn(-c3ccc(F)cc3)c2Cl)cc1. The van der Waals surface area contributed by atoms with Crippen molar-refractivity contribution in [3.8, 4) is 5.69 Å². The van der Waals surface area contributed by atoms with Crippen molar-refractivity contribution in [1.82, 2.24) is 9.78 Å². The number of ether oxygens (including phenoxy) is 1. The Kier molecular flexibility index (Phi) is 6.81. The smallest absolute Gasteiger partial charge is 0.343 e. The maximum Gasteiger partial charge on any atom is 0.343 e. The van der Waals surface area contributed by atoms with Crippen molar-refractivity contribution in [2.24, 2.45) is 0 Å². The Morgan fingerprint density at radius 2 is 1.74 bits per heavy atom. The molecule has 0 saturated heterocycles. The van der Waals surface area contributed by atoms with Gasteiger partial charge in [0, 0.05) is 17.7 Å². The van der Waals surface area contributed by atoms with Crippen LogP contribution in [0.3, 0.4) is 0 Å². The van der Waals surface area contributed by atoms with Gasteiger partial charge in [0.15, 0.2) is 12.4 Å². The molecule has 1 amide bonds. The summed E-state index contributed by atoms with van der Waals surface area (Å²) in [6.45, 7) is 2.82. The Hall–Kier alpha value is -3.52. The number of halogens is 2. The second-order valence-corrected chi connectivity index (χ2v) is 6.98. The normalized spacial score (nSPS) is 10.6. The largest absolute Gasteiger partial charge is 0.454 e. The molecule has 160 valence electrons. The first kappa shape index (κ1) is 22.2. The summed E-state index contributed by atoms with van der Waals surface area (Å²) >= 11 is 6.29. The highest BCUT2D eigenvalue weighted by Gasteiger charge is 2.23. The Labute approximate surface area is 182 Å². The molecule has 9 heteroatoms. The van der Waals surface area contributed by atoms with Gasteiger partial charge in [-0.25, -0.2) is 13.9 Å². The van der Waals surface area contributed by atoms with Crippen LogP contribution in [0.15, 0.2) is 48.5 Å². The number of carbonyl (C=O) groups excluding carboxylic acids is 3. The molecule has 3 aromatic rings. The summed E-state index contributed by atoms with van der Waals surface area (Å²) < 4.78 is 19.6. The summed E-state index contributed by atoms with van der Waals surface area (Å²) in [5.74, 6) is -1.76. The number of esters is 1. The van der Waals surface area contributed by atoms with Crippen LogP contribution in [0.25, 0.3) is 5.69 Å². The summed E-state index contributed by atoms with van der Waals surface area (Å²) in [5, 5.41) is 6.88. The molecule has 0 unspecified atom stereocenters. The van der Waals surface area contributed by atoms with Crippen molar-refractivity contribution >= 4 is 34.9 Å². The lowest BCUT2D eigenvalue weighted by atomic mass is 10.1. The number of nitrogens with one attached hydrogen (secondary N) is 1. The van der Waals surface area contributed by atoms with Crippen LogP contribution in [0.2, 0.25) is 5.15 Å². The second-order valence-electron chi connectivity index (χ2n) is 6.62. The minimum Gasteiger partial charge on any atom is -0.454 e. The third-order valence-corrected chi connectivity index (χ3v) is 4.77. The van der Waals surface area contributed by atoms with E-state index in [1.165, 1.54) is 41.1 Å². The van der Waals surface area contributed by atoms with Gasteiger partial charge in [0.05, 0.1) is 11.4 Å². The lowest BCUT2D eigenvalue weighted by molar-refractivity contribution is -0.115. The quantitative estimate of drug-likeness (QED) is 0.432. The lowest BCUT2D eigenvalue weighted by Crippen LogP contribution is -2.15. The molecule has 0 radical (unpaired) electrons. The van der Waals surface area contributed by atoms with Crippen molar-refractivity contribution in [2.45, 2.75) is 20.3 Å². The molecule has 0 bridgehead atoms. The molecule has 7 nitrogen and oxygen atoms in total. The number of hydrogen-bond donors (Lipinski definition) is 1. The van der Waals surface area contributed by atoms with Gasteiger partial charge in [0.2, 0.25) is 5.91 Å². The van der Waals surface area contributed by atoms with E-state index in [2.05, 4.69) is 10.4 Å². The third-order valence-electron chi connectivity index (χ3n) is 4.43. The van der Waals surface area contributed by atoms with E-state index in [0.717, 1.165) is 0 Å². The number of aromatic nitrogens is 2. The summed E-state index contributed by atoms with van der Waals surface area (Å²) in [5.41, 5.74) is 1.70. The molecule has 3 rings (SSSR count). The van der Waals surface area contributed by atoms with Crippen LogP contribution in [-0.2, 0) is 9.53 Å². The Bertz CT molecular complexity index is 1120. The van der Waals surface area contributed by atoms with Gasteiger partial charge in [-0.1, -0.05) is 18.5 Å². The molecule has 0 aliphatic rings. The van der Waals surface area contributed by atoms with Gasteiger partial charge < -0.3 is 10.1 Å². The van der Waals surface area contributed by atoms with E-state index >= 15 is 0 Å². The number of rotatable bonds is 7. The molecule has 0 aliphatic heterocycles. The number of Topliss-reactive ketones (excluding diaryl/α,β-unsaturated/α-hetero) is 1. The van der Waals surface area contributed by atoms with E-state index < -0.39 is 24.2 Å². The molecular weight excluding hydrogens is 425 g/mol. The summed E-state index contributed by atoms with van der Waals surface area (Å²) in [6.07, 6.45) is 0.344. The van der Waals surface area contributed by atoms with Crippen molar-refractivity contribution in [1.29, 1.82) is 0 Å². The van der Waals surface area contributed by atoms with Gasteiger partial charge in [-0.15, -0.1) is 0 Å². The number of nitrogens with zero attached hydrogens (tertiary/aromatic N) is 2. The van der Waals surface area contributed by atoms with Crippen molar-refractivity contribution in [3.05, 3.63) is 76.3 Å². The van der Waals surface area contributed by atoms with Gasteiger partial charge in [-0.05, 0) is 55.5 Å². The molecule has 0 aliphatic carbocycles. The van der Waals surface area contributed by atoms with E-state index in [4.69, 9.17) is 16.3 Å². The predicted octanol–water partition coefficient (Wildman–Crippen LogP) is 4.36. The van der Waals surface area contributed by atoms with Crippen molar-refractivity contribution in [2.75, 3.05) is 11.9 Å². The Morgan fingerprint density at radius 3 is 2.35 bits per heavy atom. The third kappa shape index (κ3) is 5.16. The topological polar surface area (TPSA) is 90.3 Å². The van der Waals surface area contributed by atoms with E-state index in [9.17, 15) is 18.8 Å².